The van der Waals surface area contributed by atoms with Crippen molar-refractivity contribution in [2.75, 3.05) is 7.05 Å². The zero-order valence-corrected chi connectivity index (χ0v) is 11.1. The minimum atomic E-state index is -0.0433. The third kappa shape index (κ3) is 2.27. The van der Waals surface area contributed by atoms with E-state index in [1.165, 1.54) is 0 Å². The predicted molar refractivity (Wildman–Crippen MR) is 67.0 cm³/mol. The Bertz CT molecular complexity index is 569. The Morgan fingerprint density at radius 1 is 1.44 bits per heavy atom. The molecule has 2 rings (SSSR count). The van der Waals surface area contributed by atoms with Crippen LogP contribution in [-0.4, -0.2) is 37.4 Å². The van der Waals surface area contributed by atoms with Gasteiger partial charge in [0.1, 0.15) is 5.69 Å². The average molecular weight is 247 g/mol. The Morgan fingerprint density at radius 2 is 2.17 bits per heavy atom. The highest BCUT2D eigenvalue weighted by atomic mass is 16.2. The summed E-state index contributed by atoms with van der Waals surface area (Å²) in [5, 5.41) is 8.27. The molecule has 1 amide bonds. The van der Waals surface area contributed by atoms with E-state index in [0.717, 1.165) is 11.3 Å². The van der Waals surface area contributed by atoms with Crippen LogP contribution in [-0.2, 0) is 20.6 Å². The van der Waals surface area contributed by atoms with Gasteiger partial charge in [-0.25, -0.2) is 0 Å². The SMILES string of the molecule is Cc1nn(C)cc1CN(C)C(=O)c1ccnn1C. The first kappa shape index (κ1) is 12.3. The van der Waals surface area contributed by atoms with E-state index < -0.39 is 0 Å². The number of carbonyl (C=O) groups excluding carboxylic acids is 1. The van der Waals surface area contributed by atoms with E-state index in [1.807, 2.05) is 20.2 Å². The highest BCUT2D eigenvalue weighted by Crippen LogP contribution is 2.10. The third-order valence-corrected chi connectivity index (χ3v) is 2.91. The fourth-order valence-electron chi connectivity index (χ4n) is 1.91. The van der Waals surface area contributed by atoms with Crippen molar-refractivity contribution in [3.8, 4) is 0 Å². The van der Waals surface area contributed by atoms with Gasteiger partial charge in [0, 0.05) is 45.6 Å². The van der Waals surface area contributed by atoms with Crippen molar-refractivity contribution in [1.82, 2.24) is 24.5 Å². The Kier molecular flexibility index (Phi) is 3.18. The van der Waals surface area contributed by atoms with E-state index in [4.69, 9.17) is 0 Å². The van der Waals surface area contributed by atoms with Crippen molar-refractivity contribution in [1.29, 1.82) is 0 Å². The zero-order valence-electron chi connectivity index (χ0n) is 11.1. The topological polar surface area (TPSA) is 56.0 Å². The number of rotatable bonds is 3. The van der Waals surface area contributed by atoms with Gasteiger partial charge in [0.25, 0.3) is 5.91 Å². The quantitative estimate of drug-likeness (QED) is 0.803. The second-order valence-corrected chi connectivity index (χ2v) is 4.41. The summed E-state index contributed by atoms with van der Waals surface area (Å²) in [6.45, 7) is 2.49. The summed E-state index contributed by atoms with van der Waals surface area (Å²) in [6, 6.07) is 1.72. The van der Waals surface area contributed by atoms with E-state index in [-0.39, 0.29) is 5.91 Å². The molecule has 0 aliphatic carbocycles. The molecule has 0 unspecified atom stereocenters. The third-order valence-electron chi connectivity index (χ3n) is 2.91. The van der Waals surface area contributed by atoms with Crippen LogP contribution >= 0.6 is 0 Å². The van der Waals surface area contributed by atoms with Gasteiger partial charge < -0.3 is 4.90 Å². The monoisotopic (exact) mass is 247 g/mol. The number of carbonyl (C=O) groups is 1. The second-order valence-electron chi connectivity index (χ2n) is 4.41. The molecule has 0 spiro atoms. The maximum absolute atomic E-state index is 12.2. The smallest absolute Gasteiger partial charge is 0.272 e. The molecule has 0 aromatic carbocycles. The first-order valence-corrected chi connectivity index (χ1v) is 5.71. The fraction of sp³-hybridized carbons (Fsp3) is 0.417. The van der Waals surface area contributed by atoms with E-state index >= 15 is 0 Å². The van der Waals surface area contributed by atoms with E-state index in [0.29, 0.717) is 12.2 Å². The van der Waals surface area contributed by atoms with Gasteiger partial charge in [-0.05, 0) is 13.0 Å². The van der Waals surface area contributed by atoms with Gasteiger partial charge in [0.05, 0.1) is 5.69 Å². The number of hydrogen-bond donors (Lipinski definition) is 0. The lowest BCUT2D eigenvalue weighted by Gasteiger charge is -2.16. The van der Waals surface area contributed by atoms with Crippen molar-refractivity contribution < 1.29 is 4.79 Å². The summed E-state index contributed by atoms with van der Waals surface area (Å²) in [5.41, 5.74) is 2.58. The normalized spacial score (nSPS) is 10.7. The maximum atomic E-state index is 12.2. The highest BCUT2D eigenvalue weighted by Gasteiger charge is 2.16. The number of aromatic nitrogens is 4. The highest BCUT2D eigenvalue weighted by molar-refractivity contribution is 5.92. The summed E-state index contributed by atoms with van der Waals surface area (Å²) in [4.78, 5) is 13.9. The van der Waals surface area contributed by atoms with Crippen LogP contribution in [0.5, 0.6) is 0 Å². The van der Waals surface area contributed by atoms with Crippen LogP contribution in [0.25, 0.3) is 0 Å². The van der Waals surface area contributed by atoms with Gasteiger partial charge in [-0.15, -0.1) is 0 Å². The van der Waals surface area contributed by atoms with Crippen molar-refractivity contribution in [2.24, 2.45) is 14.1 Å². The molecule has 0 radical (unpaired) electrons. The molecule has 2 aromatic rings. The standard InChI is InChI=1S/C12H17N5O/c1-9-10(8-16(3)14-9)7-15(2)12(18)11-5-6-13-17(11)4/h5-6,8H,7H2,1-4H3. The molecule has 6 nitrogen and oxygen atoms in total. The summed E-state index contributed by atoms with van der Waals surface area (Å²) in [7, 11) is 5.41. The van der Waals surface area contributed by atoms with Gasteiger partial charge in [-0.3, -0.25) is 14.2 Å². The van der Waals surface area contributed by atoms with E-state index in [9.17, 15) is 4.79 Å². The van der Waals surface area contributed by atoms with Gasteiger partial charge in [0.2, 0.25) is 0 Å². The molecule has 0 aliphatic heterocycles. The van der Waals surface area contributed by atoms with Gasteiger partial charge in [0.15, 0.2) is 0 Å². The van der Waals surface area contributed by atoms with Crippen LogP contribution in [0.15, 0.2) is 18.5 Å². The Balaban J connectivity index is 2.13. The van der Waals surface area contributed by atoms with Crippen LogP contribution in [0.4, 0.5) is 0 Å². The summed E-state index contributed by atoms with van der Waals surface area (Å²) < 4.78 is 3.34. The molecule has 0 atom stereocenters. The van der Waals surface area contributed by atoms with Crippen LogP contribution in [0.1, 0.15) is 21.7 Å². The van der Waals surface area contributed by atoms with E-state index in [1.54, 1.807) is 40.6 Å². The van der Waals surface area contributed by atoms with Crippen molar-refractivity contribution in [2.45, 2.75) is 13.5 Å². The van der Waals surface area contributed by atoms with Gasteiger partial charge in [-0.1, -0.05) is 0 Å². The lowest BCUT2D eigenvalue weighted by molar-refractivity contribution is 0.0774. The van der Waals surface area contributed by atoms with Crippen LogP contribution in [0, 0.1) is 6.92 Å². The number of nitrogens with zero attached hydrogens (tertiary/aromatic N) is 5. The van der Waals surface area contributed by atoms with Crippen LogP contribution < -0.4 is 0 Å². The van der Waals surface area contributed by atoms with Gasteiger partial charge >= 0.3 is 0 Å². The lowest BCUT2D eigenvalue weighted by Crippen LogP contribution is -2.28. The summed E-state index contributed by atoms with van der Waals surface area (Å²) in [5.74, 6) is -0.0433. The molecule has 0 saturated heterocycles. The lowest BCUT2D eigenvalue weighted by atomic mass is 10.2. The zero-order chi connectivity index (χ0) is 13.3. The minimum absolute atomic E-state index is 0.0433. The maximum Gasteiger partial charge on any atom is 0.272 e. The summed E-state index contributed by atoms with van der Waals surface area (Å²) >= 11 is 0. The predicted octanol–water partition coefficient (Wildman–Crippen LogP) is 0.734. The molecule has 0 saturated carbocycles. The van der Waals surface area contributed by atoms with Crippen molar-refractivity contribution >= 4 is 5.91 Å². The largest absolute Gasteiger partial charge is 0.336 e. The molecular weight excluding hydrogens is 230 g/mol. The molecule has 0 fully saturated rings. The molecule has 0 aliphatic rings. The molecule has 2 aromatic heterocycles. The molecular formula is C12H17N5O. The molecule has 0 N–H and O–H groups in total. The molecule has 2 heterocycles. The Labute approximate surface area is 106 Å². The second kappa shape index (κ2) is 4.64. The Morgan fingerprint density at radius 3 is 2.67 bits per heavy atom. The molecule has 0 bridgehead atoms. The van der Waals surface area contributed by atoms with Crippen LogP contribution in [0.3, 0.4) is 0 Å². The first-order chi connectivity index (χ1) is 8.49. The number of amides is 1. The number of hydrogen-bond acceptors (Lipinski definition) is 3. The molecule has 96 valence electrons. The van der Waals surface area contributed by atoms with Crippen LogP contribution in [0.2, 0.25) is 0 Å². The Hall–Kier alpha value is -2.11. The van der Waals surface area contributed by atoms with E-state index in [2.05, 4.69) is 10.2 Å². The fourth-order valence-corrected chi connectivity index (χ4v) is 1.91. The van der Waals surface area contributed by atoms with Crippen molar-refractivity contribution in [3.05, 3.63) is 35.4 Å². The van der Waals surface area contributed by atoms with Crippen molar-refractivity contribution in [3.63, 3.8) is 0 Å². The molecule has 18 heavy (non-hydrogen) atoms. The summed E-state index contributed by atoms with van der Waals surface area (Å²) in [6.07, 6.45) is 3.55. The average Bonchev–Trinajstić information content (AvgIpc) is 2.85. The first-order valence-electron chi connectivity index (χ1n) is 5.71. The van der Waals surface area contributed by atoms with Gasteiger partial charge in [-0.2, -0.15) is 10.2 Å². The molecule has 6 heteroatoms. The minimum Gasteiger partial charge on any atom is -0.336 e. The number of aryl methyl sites for hydroxylation is 3.